The van der Waals surface area contributed by atoms with Crippen molar-refractivity contribution in [3.8, 4) is 0 Å². The van der Waals surface area contributed by atoms with Crippen molar-refractivity contribution < 1.29 is 14.7 Å². The molecule has 21 heavy (non-hydrogen) atoms. The quantitative estimate of drug-likeness (QED) is 0.916. The largest absolute Gasteiger partial charge is 0.481 e. The molecule has 0 bridgehead atoms. The lowest BCUT2D eigenvalue weighted by Gasteiger charge is -2.24. The molecule has 1 N–H and O–H groups in total. The lowest BCUT2D eigenvalue weighted by molar-refractivity contribution is -0.141. The number of anilines is 1. The highest BCUT2D eigenvalue weighted by atomic mass is 16.4. The standard InChI is InChI=1S/C16H20N2O3/c19-15-9-13(16(20)21)11-18(15)10-12-5-1-2-6-14(12)17-7-3-4-8-17/h1-2,5-6,13H,3-4,7-11H2,(H,20,21). The number of rotatable bonds is 4. The summed E-state index contributed by atoms with van der Waals surface area (Å²) in [5, 5.41) is 9.05. The molecule has 0 aromatic heterocycles. The van der Waals surface area contributed by atoms with Crippen molar-refractivity contribution in [1.82, 2.24) is 4.90 Å². The van der Waals surface area contributed by atoms with Gasteiger partial charge < -0.3 is 14.9 Å². The minimum Gasteiger partial charge on any atom is -0.481 e. The summed E-state index contributed by atoms with van der Waals surface area (Å²) in [7, 11) is 0. The van der Waals surface area contributed by atoms with Crippen LogP contribution in [0.15, 0.2) is 24.3 Å². The van der Waals surface area contributed by atoms with Crippen molar-refractivity contribution in [3.05, 3.63) is 29.8 Å². The van der Waals surface area contributed by atoms with E-state index in [0.717, 1.165) is 18.7 Å². The molecule has 3 rings (SSSR count). The first kappa shape index (κ1) is 13.9. The summed E-state index contributed by atoms with van der Waals surface area (Å²) in [6.07, 6.45) is 2.54. The lowest BCUT2D eigenvalue weighted by atomic mass is 10.1. The third-order valence-electron chi connectivity index (χ3n) is 4.36. The van der Waals surface area contributed by atoms with Gasteiger partial charge in [-0.1, -0.05) is 18.2 Å². The molecule has 2 fully saturated rings. The fourth-order valence-electron chi connectivity index (χ4n) is 3.21. The summed E-state index contributed by atoms with van der Waals surface area (Å²) in [6, 6.07) is 8.12. The Hall–Kier alpha value is -2.04. The van der Waals surface area contributed by atoms with Gasteiger partial charge in [-0.15, -0.1) is 0 Å². The van der Waals surface area contributed by atoms with E-state index in [1.54, 1.807) is 4.90 Å². The lowest BCUT2D eigenvalue weighted by Crippen LogP contribution is -2.27. The van der Waals surface area contributed by atoms with E-state index >= 15 is 0 Å². The van der Waals surface area contributed by atoms with Gasteiger partial charge in [0, 0.05) is 38.3 Å². The number of benzene rings is 1. The predicted molar refractivity (Wildman–Crippen MR) is 79.0 cm³/mol. The molecule has 1 aromatic rings. The first-order valence-electron chi connectivity index (χ1n) is 7.48. The van der Waals surface area contributed by atoms with Crippen molar-refractivity contribution in [2.75, 3.05) is 24.5 Å². The van der Waals surface area contributed by atoms with Crippen molar-refractivity contribution in [3.63, 3.8) is 0 Å². The third kappa shape index (κ3) is 2.86. The van der Waals surface area contributed by atoms with E-state index in [9.17, 15) is 9.59 Å². The van der Waals surface area contributed by atoms with Crippen molar-refractivity contribution in [1.29, 1.82) is 0 Å². The third-order valence-corrected chi connectivity index (χ3v) is 4.36. The summed E-state index contributed by atoms with van der Waals surface area (Å²) in [4.78, 5) is 27.0. The van der Waals surface area contributed by atoms with Gasteiger partial charge in [-0.05, 0) is 24.5 Å². The zero-order valence-electron chi connectivity index (χ0n) is 12.0. The molecule has 5 heteroatoms. The number of para-hydroxylation sites is 1. The maximum Gasteiger partial charge on any atom is 0.308 e. The Morgan fingerprint density at radius 1 is 1.24 bits per heavy atom. The maximum absolute atomic E-state index is 12.0. The average molecular weight is 288 g/mol. The number of likely N-dealkylation sites (tertiary alicyclic amines) is 1. The summed E-state index contributed by atoms with van der Waals surface area (Å²) >= 11 is 0. The number of carboxylic acid groups (broad SMARTS) is 1. The minimum absolute atomic E-state index is 0.0568. The van der Waals surface area contributed by atoms with E-state index in [-0.39, 0.29) is 12.3 Å². The smallest absolute Gasteiger partial charge is 0.308 e. The molecule has 1 amide bonds. The van der Waals surface area contributed by atoms with E-state index in [0.29, 0.717) is 13.1 Å². The first-order valence-corrected chi connectivity index (χ1v) is 7.48. The molecule has 5 nitrogen and oxygen atoms in total. The summed E-state index contributed by atoms with van der Waals surface area (Å²) < 4.78 is 0. The molecule has 0 radical (unpaired) electrons. The number of carboxylic acids is 1. The van der Waals surface area contributed by atoms with Crippen LogP contribution < -0.4 is 4.90 Å². The van der Waals surface area contributed by atoms with Crippen LogP contribution >= 0.6 is 0 Å². The minimum atomic E-state index is -0.876. The monoisotopic (exact) mass is 288 g/mol. The summed E-state index contributed by atoms with van der Waals surface area (Å²) in [5.41, 5.74) is 2.29. The van der Waals surface area contributed by atoms with E-state index in [4.69, 9.17) is 5.11 Å². The molecular weight excluding hydrogens is 268 g/mol. The van der Waals surface area contributed by atoms with Crippen LogP contribution in [0.4, 0.5) is 5.69 Å². The van der Waals surface area contributed by atoms with Crippen LogP contribution in [-0.2, 0) is 16.1 Å². The van der Waals surface area contributed by atoms with Gasteiger partial charge >= 0.3 is 5.97 Å². The SMILES string of the molecule is O=C(O)C1CC(=O)N(Cc2ccccc2N2CCCC2)C1. The number of hydrogen-bond acceptors (Lipinski definition) is 3. The van der Waals surface area contributed by atoms with Gasteiger partial charge in [-0.2, -0.15) is 0 Å². The molecule has 112 valence electrons. The van der Waals surface area contributed by atoms with Crippen molar-refractivity contribution in [2.45, 2.75) is 25.8 Å². The van der Waals surface area contributed by atoms with E-state index in [1.807, 2.05) is 18.2 Å². The number of carbonyl (C=O) groups excluding carboxylic acids is 1. The van der Waals surface area contributed by atoms with Crippen molar-refractivity contribution >= 4 is 17.6 Å². The van der Waals surface area contributed by atoms with Gasteiger partial charge in [0.05, 0.1) is 5.92 Å². The van der Waals surface area contributed by atoms with Crippen LogP contribution in [0.25, 0.3) is 0 Å². The van der Waals surface area contributed by atoms with Crippen LogP contribution in [0.1, 0.15) is 24.8 Å². The van der Waals surface area contributed by atoms with E-state index < -0.39 is 11.9 Å². The van der Waals surface area contributed by atoms with Gasteiger partial charge in [-0.3, -0.25) is 9.59 Å². The Labute approximate surface area is 124 Å². The maximum atomic E-state index is 12.0. The number of amides is 1. The number of carbonyl (C=O) groups is 2. The summed E-state index contributed by atoms with van der Waals surface area (Å²) in [6.45, 7) is 2.95. The molecule has 0 spiro atoms. The fourth-order valence-corrected chi connectivity index (χ4v) is 3.21. The Balaban J connectivity index is 1.76. The highest BCUT2D eigenvalue weighted by Gasteiger charge is 2.34. The molecule has 1 unspecified atom stereocenters. The molecule has 0 saturated carbocycles. The number of aliphatic carboxylic acids is 1. The van der Waals surface area contributed by atoms with Gasteiger partial charge in [0.15, 0.2) is 0 Å². The second-order valence-corrected chi connectivity index (χ2v) is 5.84. The Bertz CT molecular complexity index is 552. The van der Waals surface area contributed by atoms with Gasteiger partial charge in [0.1, 0.15) is 0 Å². The molecule has 2 heterocycles. The van der Waals surface area contributed by atoms with Gasteiger partial charge in [0.2, 0.25) is 5.91 Å². The molecule has 1 aromatic carbocycles. The van der Waals surface area contributed by atoms with Gasteiger partial charge in [0.25, 0.3) is 0 Å². The molecule has 1 atom stereocenters. The zero-order chi connectivity index (χ0) is 14.8. The number of hydrogen-bond donors (Lipinski definition) is 1. The number of nitrogens with zero attached hydrogens (tertiary/aromatic N) is 2. The van der Waals surface area contributed by atoms with E-state index in [2.05, 4.69) is 11.0 Å². The molecule has 2 aliphatic heterocycles. The topological polar surface area (TPSA) is 60.9 Å². The molecule has 0 aliphatic carbocycles. The van der Waals surface area contributed by atoms with E-state index in [1.165, 1.54) is 18.5 Å². The first-order chi connectivity index (χ1) is 10.1. The second-order valence-electron chi connectivity index (χ2n) is 5.84. The van der Waals surface area contributed by atoms with Crippen LogP contribution in [-0.4, -0.2) is 41.5 Å². The summed E-state index contributed by atoms with van der Waals surface area (Å²) in [5.74, 6) is -1.49. The van der Waals surface area contributed by atoms with Crippen LogP contribution in [0.3, 0.4) is 0 Å². The normalized spacial score (nSPS) is 22.1. The van der Waals surface area contributed by atoms with Crippen LogP contribution in [0, 0.1) is 5.92 Å². The van der Waals surface area contributed by atoms with Gasteiger partial charge in [-0.25, -0.2) is 0 Å². The second kappa shape index (κ2) is 5.76. The zero-order valence-corrected chi connectivity index (χ0v) is 12.0. The van der Waals surface area contributed by atoms with Crippen LogP contribution in [0.2, 0.25) is 0 Å². The Kier molecular flexibility index (Phi) is 3.82. The average Bonchev–Trinajstić information content (AvgIpc) is 3.10. The van der Waals surface area contributed by atoms with Crippen LogP contribution in [0.5, 0.6) is 0 Å². The molecule has 2 saturated heterocycles. The predicted octanol–water partition coefficient (Wildman–Crippen LogP) is 1.72. The Morgan fingerprint density at radius 3 is 2.62 bits per heavy atom. The molecule has 2 aliphatic rings. The van der Waals surface area contributed by atoms with Crippen molar-refractivity contribution in [2.24, 2.45) is 5.92 Å². The highest BCUT2D eigenvalue weighted by molar-refractivity contribution is 5.86. The fraction of sp³-hybridized carbons (Fsp3) is 0.500. The Morgan fingerprint density at radius 2 is 1.95 bits per heavy atom. The molecular formula is C16H20N2O3. The highest BCUT2D eigenvalue weighted by Crippen LogP contribution is 2.28.